The molecule has 10 heteroatoms. The molecule has 1 amide bonds. The van der Waals surface area contributed by atoms with Crippen molar-refractivity contribution in [3.63, 3.8) is 0 Å². The number of nitrogens with one attached hydrogen (secondary N) is 2. The number of rotatable bonds is 10. The van der Waals surface area contributed by atoms with Gasteiger partial charge in [-0.1, -0.05) is 78.9 Å². The normalized spacial score (nSPS) is 12.3. The predicted octanol–water partition coefficient (Wildman–Crippen LogP) is 4.86. The molecular formula is C30H28N4O5S. The van der Waals surface area contributed by atoms with Crippen LogP contribution in [0.2, 0.25) is 0 Å². The number of nitrogens with two attached hydrogens (primary N) is 1. The van der Waals surface area contributed by atoms with Gasteiger partial charge < -0.3 is 21.5 Å². The first-order valence-corrected chi connectivity index (χ1v) is 13.9. The summed E-state index contributed by atoms with van der Waals surface area (Å²) in [6.07, 6.45) is -0.629. The highest BCUT2D eigenvalue weighted by Crippen LogP contribution is 2.35. The van der Waals surface area contributed by atoms with Gasteiger partial charge in [0.25, 0.3) is 5.91 Å². The first kappa shape index (κ1) is 28.1. The van der Waals surface area contributed by atoms with Crippen molar-refractivity contribution in [1.29, 1.82) is 0 Å². The van der Waals surface area contributed by atoms with E-state index in [-0.39, 0.29) is 22.1 Å². The average molecular weight is 557 g/mol. The maximum atomic E-state index is 13.7. The number of carbonyl (C=O) groups excluding carboxylic acids is 1. The van der Waals surface area contributed by atoms with Crippen LogP contribution in [0.5, 0.6) is 0 Å². The number of amides is 1. The van der Waals surface area contributed by atoms with Gasteiger partial charge in [-0.2, -0.15) is 0 Å². The van der Waals surface area contributed by atoms with Crippen LogP contribution in [0, 0.1) is 0 Å². The van der Waals surface area contributed by atoms with Gasteiger partial charge in [0.1, 0.15) is 5.25 Å². The molecule has 4 aromatic rings. The van der Waals surface area contributed by atoms with Crippen LogP contribution < -0.4 is 16.4 Å². The van der Waals surface area contributed by atoms with Crippen LogP contribution in [0.15, 0.2) is 119 Å². The molecule has 1 unspecified atom stereocenters. The summed E-state index contributed by atoms with van der Waals surface area (Å²) >= 11 is 0. The van der Waals surface area contributed by atoms with Crippen LogP contribution in [0.4, 0.5) is 11.4 Å². The molecule has 0 saturated heterocycles. The maximum absolute atomic E-state index is 13.7. The minimum absolute atomic E-state index is 0.0427. The minimum Gasteiger partial charge on any atom is -0.481 e. The summed E-state index contributed by atoms with van der Waals surface area (Å²) in [6.45, 7) is 0.386. The van der Waals surface area contributed by atoms with E-state index in [1.54, 1.807) is 60.7 Å². The molecule has 0 spiro atoms. The highest BCUT2D eigenvalue weighted by molar-refractivity contribution is 7.91. The Bertz CT molecular complexity index is 1620. The second-order valence-corrected chi connectivity index (χ2v) is 11.0. The molecule has 4 rings (SSSR count). The van der Waals surface area contributed by atoms with Crippen LogP contribution in [-0.4, -0.2) is 31.4 Å². The van der Waals surface area contributed by atoms with E-state index in [4.69, 9.17) is 5.73 Å². The molecule has 0 aliphatic rings. The molecule has 0 aliphatic heterocycles. The number of para-hydroxylation sites is 1. The molecule has 0 radical (unpaired) electrons. The SMILES string of the molecule is NC(=NCc1ccccc1)Nc1cccc(C(=O)Nc2ccccc2S(=O)(=O)C(CC(=O)O)c2ccccc2)c1. The van der Waals surface area contributed by atoms with E-state index in [0.29, 0.717) is 17.8 Å². The fraction of sp³-hybridized carbons (Fsp3) is 0.100. The molecule has 40 heavy (non-hydrogen) atoms. The Balaban J connectivity index is 1.55. The largest absolute Gasteiger partial charge is 0.481 e. The van der Waals surface area contributed by atoms with Gasteiger partial charge in [-0.25, -0.2) is 13.4 Å². The van der Waals surface area contributed by atoms with Crippen LogP contribution in [-0.2, 0) is 21.2 Å². The summed E-state index contributed by atoms with van der Waals surface area (Å²) in [5.74, 6) is -1.64. The lowest BCUT2D eigenvalue weighted by molar-refractivity contribution is -0.137. The molecule has 5 N–H and O–H groups in total. The number of anilines is 2. The first-order chi connectivity index (χ1) is 19.2. The molecule has 204 valence electrons. The van der Waals surface area contributed by atoms with Crippen LogP contribution >= 0.6 is 0 Å². The Hall–Kier alpha value is -4.96. The minimum atomic E-state index is -4.20. The van der Waals surface area contributed by atoms with Crippen molar-refractivity contribution < 1.29 is 23.1 Å². The molecule has 0 aromatic heterocycles. The molecule has 0 saturated carbocycles. The van der Waals surface area contributed by atoms with Crippen molar-refractivity contribution in [3.05, 3.63) is 126 Å². The van der Waals surface area contributed by atoms with Gasteiger partial charge in [0.2, 0.25) is 0 Å². The summed E-state index contributed by atoms with van der Waals surface area (Å²) in [5.41, 5.74) is 8.16. The zero-order chi connectivity index (χ0) is 28.5. The van der Waals surface area contributed by atoms with E-state index in [0.717, 1.165) is 5.56 Å². The third-order valence-electron chi connectivity index (χ3n) is 6.02. The van der Waals surface area contributed by atoms with Gasteiger partial charge in [-0.15, -0.1) is 0 Å². The monoisotopic (exact) mass is 556 g/mol. The highest BCUT2D eigenvalue weighted by Gasteiger charge is 2.33. The van der Waals surface area contributed by atoms with Gasteiger partial charge >= 0.3 is 5.97 Å². The maximum Gasteiger partial charge on any atom is 0.305 e. The summed E-state index contributed by atoms with van der Waals surface area (Å²) in [6, 6.07) is 30.2. The Morgan fingerprint density at radius 1 is 0.825 bits per heavy atom. The number of nitrogens with zero attached hydrogens (tertiary/aromatic N) is 1. The zero-order valence-corrected chi connectivity index (χ0v) is 22.2. The van der Waals surface area contributed by atoms with Gasteiger partial charge in [0.15, 0.2) is 15.8 Å². The molecule has 0 aliphatic carbocycles. The van der Waals surface area contributed by atoms with Gasteiger partial charge in [0.05, 0.1) is 23.5 Å². The number of hydrogen-bond donors (Lipinski definition) is 4. The van der Waals surface area contributed by atoms with Gasteiger partial charge in [-0.3, -0.25) is 9.59 Å². The van der Waals surface area contributed by atoms with E-state index in [9.17, 15) is 23.1 Å². The lowest BCUT2D eigenvalue weighted by Crippen LogP contribution is -2.23. The molecule has 4 aromatic carbocycles. The highest BCUT2D eigenvalue weighted by atomic mass is 32.2. The van der Waals surface area contributed by atoms with Crippen molar-refractivity contribution >= 4 is 39.0 Å². The van der Waals surface area contributed by atoms with Crippen molar-refractivity contribution in [2.24, 2.45) is 10.7 Å². The topological polar surface area (TPSA) is 151 Å². The summed E-state index contributed by atoms with van der Waals surface area (Å²) in [7, 11) is -4.20. The zero-order valence-electron chi connectivity index (χ0n) is 21.4. The van der Waals surface area contributed by atoms with Crippen molar-refractivity contribution in [2.75, 3.05) is 10.6 Å². The van der Waals surface area contributed by atoms with Gasteiger partial charge in [-0.05, 0) is 41.5 Å². The molecule has 1 atom stereocenters. The molecule has 9 nitrogen and oxygen atoms in total. The second kappa shape index (κ2) is 12.7. The van der Waals surface area contributed by atoms with Gasteiger partial charge in [0, 0.05) is 11.3 Å². The van der Waals surface area contributed by atoms with E-state index in [2.05, 4.69) is 15.6 Å². The Morgan fingerprint density at radius 2 is 1.48 bits per heavy atom. The van der Waals surface area contributed by atoms with Crippen LogP contribution in [0.1, 0.15) is 33.2 Å². The van der Waals surface area contributed by atoms with E-state index in [1.807, 2.05) is 30.3 Å². The van der Waals surface area contributed by atoms with E-state index >= 15 is 0 Å². The summed E-state index contributed by atoms with van der Waals surface area (Å²) in [5, 5.41) is 13.7. The number of guanidine groups is 1. The third-order valence-corrected chi connectivity index (χ3v) is 8.18. The second-order valence-electron chi connectivity index (χ2n) is 8.89. The number of carboxylic acid groups (broad SMARTS) is 1. The fourth-order valence-corrected chi connectivity index (χ4v) is 5.96. The molecular weight excluding hydrogens is 528 g/mol. The number of aliphatic carboxylic acids is 1. The quantitative estimate of drug-likeness (QED) is 0.161. The van der Waals surface area contributed by atoms with E-state index in [1.165, 1.54) is 18.2 Å². The number of sulfone groups is 1. The fourth-order valence-electron chi connectivity index (χ4n) is 4.08. The molecule has 0 heterocycles. The summed E-state index contributed by atoms with van der Waals surface area (Å²) < 4.78 is 27.4. The Labute approximate surface area is 232 Å². The van der Waals surface area contributed by atoms with Crippen molar-refractivity contribution in [1.82, 2.24) is 0 Å². The smallest absolute Gasteiger partial charge is 0.305 e. The Kier molecular flexibility index (Phi) is 8.93. The van der Waals surface area contributed by atoms with Crippen LogP contribution in [0.3, 0.4) is 0 Å². The molecule has 0 fully saturated rings. The van der Waals surface area contributed by atoms with Crippen molar-refractivity contribution in [3.8, 4) is 0 Å². The Morgan fingerprint density at radius 3 is 2.17 bits per heavy atom. The number of carbonyl (C=O) groups is 2. The number of aliphatic imine (C=N–C) groups is 1. The predicted molar refractivity (Wildman–Crippen MR) is 155 cm³/mol. The van der Waals surface area contributed by atoms with E-state index < -0.39 is 33.4 Å². The lowest BCUT2D eigenvalue weighted by Gasteiger charge is -2.19. The summed E-state index contributed by atoms with van der Waals surface area (Å²) in [4.78, 5) is 28.9. The average Bonchev–Trinajstić information content (AvgIpc) is 2.96. The number of hydrogen-bond acceptors (Lipinski definition) is 5. The first-order valence-electron chi connectivity index (χ1n) is 12.4. The number of benzene rings is 4. The van der Waals surface area contributed by atoms with Crippen molar-refractivity contribution in [2.45, 2.75) is 23.1 Å². The van der Waals surface area contributed by atoms with Crippen LogP contribution in [0.25, 0.3) is 0 Å². The number of carboxylic acids is 1. The third kappa shape index (κ3) is 7.12. The lowest BCUT2D eigenvalue weighted by atomic mass is 10.1. The standard InChI is InChI=1S/C30H28N4O5S/c31-30(32-20-21-10-3-1-4-11-21)33-24-15-9-14-23(18-24)29(37)34-25-16-7-8-17-26(25)40(38,39)27(19-28(35)36)22-12-5-2-6-13-22/h1-18,27H,19-20H2,(H,34,37)(H,35,36)(H3,31,32,33). The molecule has 0 bridgehead atoms.